The zero-order chi connectivity index (χ0) is 15.8. The minimum absolute atomic E-state index is 0.115. The second-order valence-corrected chi connectivity index (χ2v) is 6.65. The van der Waals surface area contributed by atoms with Crippen LogP contribution in [0.5, 0.6) is 0 Å². The molecule has 2 heterocycles. The topological polar surface area (TPSA) is 75.2 Å². The molecule has 1 fully saturated rings. The van der Waals surface area contributed by atoms with Crippen molar-refractivity contribution in [2.45, 2.75) is 31.3 Å². The quantitative estimate of drug-likeness (QED) is 0.913. The first-order valence-corrected chi connectivity index (χ1v) is 8.48. The summed E-state index contributed by atoms with van der Waals surface area (Å²) in [6.45, 7) is 0.570. The van der Waals surface area contributed by atoms with Gasteiger partial charge in [0.2, 0.25) is 5.91 Å². The second-order valence-electron chi connectivity index (χ2n) is 6.04. The first-order valence-electron chi connectivity index (χ1n) is 7.65. The maximum Gasteiger partial charge on any atom is 0.273 e. The fourth-order valence-electron chi connectivity index (χ4n) is 3.46. The Bertz CT molecular complexity index is 721. The van der Waals surface area contributed by atoms with Crippen molar-refractivity contribution in [1.29, 1.82) is 0 Å². The van der Waals surface area contributed by atoms with Gasteiger partial charge in [-0.15, -0.1) is 5.10 Å². The summed E-state index contributed by atoms with van der Waals surface area (Å²) in [4.78, 5) is 26.3. The molecule has 1 aromatic carbocycles. The number of likely N-dealkylation sites (tertiary alicyclic amines) is 1. The average Bonchev–Trinajstić information content (AvgIpc) is 3.25. The average molecular weight is 328 g/mol. The zero-order valence-electron chi connectivity index (χ0n) is 12.4. The van der Waals surface area contributed by atoms with Gasteiger partial charge < -0.3 is 10.2 Å². The third kappa shape index (κ3) is 2.72. The van der Waals surface area contributed by atoms with E-state index in [0.717, 1.165) is 24.4 Å². The van der Waals surface area contributed by atoms with Crippen LogP contribution in [-0.4, -0.2) is 44.9 Å². The Kier molecular flexibility index (Phi) is 3.57. The van der Waals surface area contributed by atoms with Gasteiger partial charge in [-0.1, -0.05) is 28.8 Å². The number of hydrogen-bond acceptors (Lipinski definition) is 5. The Balaban J connectivity index is 1.41. The molecule has 1 aliphatic heterocycles. The lowest BCUT2D eigenvalue weighted by molar-refractivity contribution is -0.129. The Morgan fingerprint density at radius 3 is 2.61 bits per heavy atom. The summed E-state index contributed by atoms with van der Waals surface area (Å²) in [6, 6.07) is 8.40. The van der Waals surface area contributed by atoms with E-state index in [2.05, 4.69) is 27.0 Å². The standard InChI is InChI=1S/C16H16N4O2S/c21-15-7-12(17-16(22)14-9-23-19-18-14)8-20(15)13-5-10-3-1-2-4-11(10)6-13/h1-4,9,12-13H,5-8H2,(H,17,22)/t12-/m0/s1. The Morgan fingerprint density at radius 1 is 1.22 bits per heavy atom. The van der Waals surface area contributed by atoms with E-state index in [1.807, 2.05) is 17.0 Å². The molecule has 7 heteroatoms. The molecular formula is C16H16N4O2S. The molecule has 6 nitrogen and oxygen atoms in total. The summed E-state index contributed by atoms with van der Waals surface area (Å²) < 4.78 is 3.69. The maximum absolute atomic E-state index is 12.3. The molecule has 1 aromatic heterocycles. The minimum Gasteiger partial charge on any atom is -0.346 e. The molecule has 23 heavy (non-hydrogen) atoms. The predicted octanol–water partition coefficient (Wildman–Crippen LogP) is 1.04. The van der Waals surface area contributed by atoms with Crippen molar-refractivity contribution in [3.05, 3.63) is 46.5 Å². The molecular weight excluding hydrogens is 312 g/mol. The molecule has 0 saturated carbocycles. The van der Waals surface area contributed by atoms with Crippen LogP contribution >= 0.6 is 11.5 Å². The van der Waals surface area contributed by atoms with Gasteiger partial charge in [0.15, 0.2) is 5.69 Å². The van der Waals surface area contributed by atoms with Crippen LogP contribution in [0.3, 0.4) is 0 Å². The lowest BCUT2D eigenvalue weighted by Crippen LogP contribution is -2.41. The summed E-state index contributed by atoms with van der Waals surface area (Å²) in [5.41, 5.74) is 2.96. The molecule has 1 atom stereocenters. The highest BCUT2D eigenvalue weighted by Crippen LogP contribution is 2.28. The highest BCUT2D eigenvalue weighted by Gasteiger charge is 2.37. The molecule has 0 radical (unpaired) electrons. The molecule has 2 aromatic rings. The molecule has 1 aliphatic carbocycles. The summed E-state index contributed by atoms with van der Waals surface area (Å²) in [6.07, 6.45) is 2.16. The summed E-state index contributed by atoms with van der Waals surface area (Å²) in [7, 11) is 0. The summed E-state index contributed by atoms with van der Waals surface area (Å²) >= 11 is 1.14. The van der Waals surface area contributed by atoms with Crippen LogP contribution in [0.25, 0.3) is 0 Å². The molecule has 0 bridgehead atoms. The van der Waals surface area contributed by atoms with Crippen LogP contribution < -0.4 is 5.32 Å². The Morgan fingerprint density at radius 2 is 1.96 bits per heavy atom. The normalized spacial score (nSPS) is 20.8. The fourth-order valence-corrected chi connectivity index (χ4v) is 3.90. The van der Waals surface area contributed by atoms with E-state index in [1.54, 1.807) is 5.38 Å². The number of nitrogens with one attached hydrogen (secondary N) is 1. The van der Waals surface area contributed by atoms with Gasteiger partial charge in [-0.3, -0.25) is 9.59 Å². The smallest absolute Gasteiger partial charge is 0.273 e. The van der Waals surface area contributed by atoms with Crippen molar-refractivity contribution in [2.75, 3.05) is 6.54 Å². The van der Waals surface area contributed by atoms with Crippen LogP contribution in [0.1, 0.15) is 28.0 Å². The highest BCUT2D eigenvalue weighted by atomic mass is 32.1. The van der Waals surface area contributed by atoms with Crippen molar-refractivity contribution in [1.82, 2.24) is 19.8 Å². The van der Waals surface area contributed by atoms with Gasteiger partial charge in [0.05, 0.1) is 6.04 Å². The number of carbonyl (C=O) groups excluding carboxylic acids is 2. The monoisotopic (exact) mass is 328 g/mol. The number of fused-ring (bicyclic) bond motifs is 1. The molecule has 2 amide bonds. The van der Waals surface area contributed by atoms with Gasteiger partial charge in [-0.05, 0) is 35.5 Å². The first kappa shape index (κ1) is 14.3. The zero-order valence-corrected chi connectivity index (χ0v) is 13.3. The third-order valence-corrected chi connectivity index (χ3v) is 5.06. The van der Waals surface area contributed by atoms with E-state index in [1.165, 1.54) is 11.1 Å². The van der Waals surface area contributed by atoms with Gasteiger partial charge in [0.25, 0.3) is 5.91 Å². The number of hydrogen-bond donors (Lipinski definition) is 1. The van der Waals surface area contributed by atoms with E-state index in [9.17, 15) is 9.59 Å². The van der Waals surface area contributed by atoms with Gasteiger partial charge in [0, 0.05) is 24.4 Å². The molecule has 0 spiro atoms. The van der Waals surface area contributed by atoms with Crippen LogP contribution in [0.2, 0.25) is 0 Å². The van der Waals surface area contributed by atoms with Crippen molar-refractivity contribution in [3.63, 3.8) is 0 Å². The van der Waals surface area contributed by atoms with Gasteiger partial charge in [-0.25, -0.2) is 0 Å². The minimum atomic E-state index is -0.256. The van der Waals surface area contributed by atoms with Crippen LogP contribution in [0.15, 0.2) is 29.6 Å². The predicted molar refractivity (Wildman–Crippen MR) is 85.1 cm³/mol. The van der Waals surface area contributed by atoms with E-state index in [4.69, 9.17) is 0 Å². The number of carbonyl (C=O) groups is 2. The van der Waals surface area contributed by atoms with Crippen LogP contribution in [0.4, 0.5) is 0 Å². The molecule has 4 rings (SSSR count). The Hall–Kier alpha value is -2.28. The third-order valence-electron chi connectivity index (χ3n) is 4.56. The molecule has 0 unspecified atom stereocenters. The van der Waals surface area contributed by atoms with Crippen LogP contribution in [0, 0.1) is 0 Å². The van der Waals surface area contributed by atoms with E-state index >= 15 is 0 Å². The second kappa shape index (κ2) is 5.73. The van der Waals surface area contributed by atoms with Gasteiger partial charge in [0.1, 0.15) is 0 Å². The van der Waals surface area contributed by atoms with E-state index in [0.29, 0.717) is 18.7 Å². The van der Waals surface area contributed by atoms with Gasteiger partial charge >= 0.3 is 0 Å². The molecule has 2 aliphatic rings. The van der Waals surface area contributed by atoms with E-state index in [-0.39, 0.29) is 23.9 Å². The lowest BCUT2D eigenvalue weighted by Gasteiger charge is -2.24. The first-order chi connectivity index (χ1) is 11.2. The largest absolute Gasteiger partial charge is 0.346 e. The van der Waals surface area contributed by atoms with E-state index < -0.39 is 0 Å². The van der Waals surface area contributed by atoms with Crippen molar-refractivity contribution >= 4 is 23.3 Å². The molecule has 1 saturated heterocycles. The number of amides is 2. The molecule has 1 N–H and O–H groups in total. The number of aromatic nitrogens is 2. The highest BCUT2D eigenvalue weighted by molar-refractivity contribution is 7.03. The van der Waals surface area contributed by atoms with Crippen molar-refractivity contribution in [3.8, 4) is 0 Å². The summed E-state index contributed by atoms with van der Waals surface area (Å²) in [5, 5.41) is 8.26. The molecule has 118 valence electrons. The van der Waals surface area contributed by atoms with Crippen molar-refractivity contribution in [2.24, 2.45) is 0 Å². The van der Waals surface area contributed by atoms with Gasteiger partial charge in [-0.2, -0.15) is 0 Å². The maximum atomic E-state index is 12.3. The number of benzene rings is 1. The lowest BCUT2D eigenvalue weighted by atomic mass is 10.1. The number of nitrogens with zero attached hydrogens (tertiary/aromatic N) is 3. The SMILES string of the molecule is O=C(N[C@H]1CC(=O)N(C2Cc3ccccc3C2)C1)c1csnn1. The van der Waals surface area contributed by atoms with Crippen LogP contribution in [-0.2, 0) is 17.6 Å². The number of rotatable bonds is 3. The Labute approximate surface area is 137 Å². The van der Waals surface area contributed by atoms with Crippen molar-refractivity contribution < 1.29 is 9.59 Å². The summed E-state index contributed by atoms with van der Waals surface area (Å²) in [5.74, 6) is -0.141. The fraction of sp³-hybridized carbons (Fsp3) is 0.375.